The van der Waals surface area contributed by atoms with E-state index < -0.39 is 5.60 Å². The first-order valence-corrected chi connectivity index (χ1v) is 12.1. The molecule has 0 bridgehead atoms. The molecule has 2 aromatic carbocycles. The lowest BCUT2D eigenvalue weighted by atomic mass is 9.84. The molecule has 2 aliphatic rings. The summed E-state index contributed by atoms with van der Waals surface area (Å²) in [6.07, 6.45) is 7.10. The number of benzene rings is 2. The Bertz CT molecular complexity index is 1200. The second-order valence-corrected chi connectivity index (χ2v) is 9.41. The molecule has 5 nitrogen and oxygen atoms in total. The highest BCUT2D eigenvalue weighted by molar-refractivity contribution is 6.30. The number of allylic oxidation sites excluding steroid dienone is 1. The minimum atomic E-state index is -0.802. The number of aromatic nitrogens is 1. The van der Waals surface area contributed by atoms with E-state index >= 15 is 0 Å². The van der Waals surface area contributed by atoms with E-state index in [1.165, 1.54) is 5.57 Å². The number of ether oxygens (including phenoxy) is 2. The van der Waals surface area contributed by atoms with E-state index in [1.807, 2.05) is 48.5 Å². The Labute approximate surface area is 205 Å². The fourth-order valence-electron chi connectivity index (χ4n) is 4.93. The molecule has 1 N–H and O–H groups in total. The topological polar surface area (TPSA) is 54.8 Å². The SMILES string of the molecule is COc1cccc2c1C/C(=C/CCN1CCC(O)(c3cccc(Cl)c3)CC1)c1cccnc1O2. The lowest BCUT2D eigenvalue weighted by Gasteiger charge is -2.38. The second kappa shape index (κ2) is 9.79. The van der Waals surface area contributed by atoms with Crippen LogP contribution in [0.2, 0.25) is 5.02 Å². The van der Waals surface area contributed by atoms with E-state index in [0.29, 0.717) is 23.7 Å². The Morgan fingerprint density at radius 1 is 1.15 bits per heavy atom. The van der Waals surface area contributed by atoms with Gasteiger partial charge < -0.3 is 19.5 Å². The number of piperidine rings is 1. The Kier molecular flexibility index (Phi) is 6.59. The maximum atomic E-state index is 11.2. The molecule has 0 atom stereocenters. The van der Waals surface area contributed by atoms with Crippen LogP contribution in [0.1, 0.15) is 36.0 Å². The minimum absolute atomic E-state index is 0.630. The predicted molar refractivity (Wildman–Crippen MR) is 135 cm³/mol. The molecule has 0 saturated carbocycles. The van der Waals surface area contributed by atoms with Crippen molar-refractivity contribution in [2.75, 3.05) is 26.7 Å². The molecule has 1 aromatic heterocycles. The first-order valence-electron chi connectivity index (χ1n) is 11.7. The van der Waals surface area contributed by atoms with E-state index in [2.05, 4.69) is 22.0 Å². The summed E-state index contributed by atoms with van der Waals surface area (Å²) in [6, 6.07) is 17.5. The van der Waals surface area contributed by atoms with Crippen LogP contribution in [0.4, 0.5) is 0 Å². The van der Waals surface area contributed by atoms with Gasteiger partial charge in [0.25, 0.3) is 0 Å². The zero-order valence-electron chi connectivity index (χ0n) is 19.3. The average Bonchev–Trinajstić information content (AvgIpc) is 3.02. The zero-order chi connectivity index (χ0) is 23.5. The molecule has 6 heteroatoms. The number of fused-ring (bicyclic) bond motifs is 2. The Balaban J connectivity index is 1.29. The van der Waals surface area contributed by atoms with Crippen molar-refractivity contribution in [3.05, 3.63) is 88.6 Å². The van der Waals surface area contributed by atoms with Crippen LogP contribution in [0.15, 0.2) is 66.9 Å². The van der Waals surface area contributed by atoms with Gasteiger partial charge in [-0.15, -0.1) is 0 Å². The molecule has 3 heterocycles. The van der Waals surface area contributed by atoms with Gasteiger partial charge in [0.15, 0.2) is 0 Å². The molecule has 34 heavy (non-hydrogen) atoms. The molecule has 2 aliphatic heterocycles. The van der Waals surface area contributed by atoms with Gasteiger partial charge in [-0.1, -0.05) is 35.9 Å². The van der Waals surface area contributed by atoms with Crippen molar-refractivity contribution >= 4 is 17.2 Å². The first-order chi connectivity index (χ1) is 16.6. The molecule has 0 unspecified atom stereocenters. The number of halogens is 1. The van der Waals surface area contributed by atoms with Crippen molar-refractivity contribution in [1.29, 1.82) is 0 Å². The monoisotopic (exact) mass is 476 g/mol. The van der Waals surface area contributed by atoms with Crippen molar-refractivity contribution < 1.29 is 14.6 Å². The standard InChI is InChI=1S/C28H29ClN2O3/c1-33-25-10-3-11-26-24(25)18-20(23-9-4-14-30-27(23)34-26)6-5-15-31-16-12-28(32,13-17-31)21-7-2-8-22(29)19-21/h2-4,6-11,14,19,32H,5,12-13,15-18H2,1H3/b20-6-. The molecule has 1 fully saturated rings. The second-order valence-electron chi connectivity index (χ2n) is 8.97. The highest BCUT2D eigenvalue weighted by Gasteiger charge is 2.33. The van der Waals surface area contributed by atoms with Gasteiger partial charge in [0.05, 0.1) is 12.7 Å². The molecule has 5 rings (SSSR count). The zero-order valence-corrected chi connectivity index (χ0v) is 20.1. The quantitative estimate of drug-likeness (QED) is 0.500. The van der Waals surface area contributed by atoms with Gasteiger partial charge in [-0.25, -0.2) is 4.98 Å². The minimum Gasteiger partial charge on any atom is -0.496 e. The van der Waals surface area contributed by atoms with E-state index in [-0.39, 0.29) is 0 Å². The summed E-state index contributed by atoms with van der Waals surface area (Å²) in [5, 5.41) is 11.8. The molecule has 0 spiro atoms. The van der Waals surface area contributed by atoms with Crippen molar-refractivity contribution in [2.45, 2.75) is 31.3 Å². The fourth-order valence-corrected chi connectivity index (χ4v) is 5.12. The third-order valence-corrected chi connectivity index (χ3v) is 7.12. The maximum absolute atomic E-state index is 11.2. The van der Waals surface area contributed by atoms with Crippen LogP contribution in [-0.4, -0.2) is 41.7 Å². The van der Waals surface area contributed by atoms with Crippen LogP contribution in [-0.2, 0) is 12.0 Å². The molecule has 0 aliphatic carbocycles. The number of hydrogen-bond donors (Lipinski definition) is 1. The summed E-state index contributed by atoms with van der Waals surface area (Å²) in [5.41, 5.74) is 3.37. The summed E-state index contributed by atoms with van der Waals surface area (Å²) in [7, 11) is 1.69. The third kappa shape index (κ3) is 4.69. The molecule has 1 saturated heterocycles. The first kappa shape index (κ1) is 22.9. The van der Waals surface area contributed by atoms with Crippen LogP contribution in [0.3, 0.4) is 0 Å². The maximum Gasteiger partial charge on any atom is 0.226 e. The third-order valence-electron chi connectivity index (χ3n) is 6.88. The number of hydrogen-bond acceptors (Lipinski definition) is 5. The van der Waals surface area contributed by atoms with Crippen molar-refractivity contribution in [3.8, 4) is 17.4 Å². The Morgan fingerprint density at radius 2 is 1.97 bits per heavy atom. The lowest BCUT2D eigenvalue weighted by Crippen LogP contribution is -2.42. The number of likely N-dealkylation sites (tertiary alicyclic amines) is 1. The van der Waals surface area contributed by atoms with Gasteiger partial charge in [-0.2, -0.15) is 0 Å². The van der Waals surface area contributed by atoms with Crippen LogP contribution in [0, 0.1) is 0 Å². The Morgan fingerprint density at radius 3 is 2.76 bits per heavy atom. The predicted octanol–water partition coefficient (Wildman–Crippen LogP) is 5.85. The average molecular weight is 477 g/mol. The summed E-state index contributed by atoms with van der Waals surface area (Å²) in [5.74, 6) is 2.25. The van der Waals surface area contributed by atoms with Gasteiger partial charge in [-0.05, 0) is 66.8 Å². The van der Waals surface area contributed by atoms with E-state index in [9.17, 15) is 5.11 Å². The largest absolute Gasteiger partial charge is 0.496 e. The van der Waals surface area contributed by atoms with Gasteiger partial charge in [0.1, 0.15) is 11.5 Å². The van der Waals surface area contributed by atoms with Crippen LogP contribution >= 0.6 is 11.6 Å². The highest BCUT2D eigenvalue weighted by Crippen LogP contribution is 2.41. The molecule has 3 aromatic rings. The normalized spacial score (nSPS) is 18.5. The molecular weight excluding hydrogens is 448 g/mol. The summed E-state index contributed by atoms with van der Waals surface area (Å²) in [6.45, 7) is 2.64. The van der Waals surface area contributed by atoms with E-state index in [0.717, 1.165) is 60.7 Å². The summed E-state index contributed by atoms with van der Waals surface area (Å²) < 4.78 is 11.8. The van der Waals surface area contributed by atoms with Crippen LogP contribution < -0.4 is 9.47 Å². The van der Waals surface area contributed by atoms with E-state index in [1.54, 1.807) is 13.3 Å². The number of rotatable bonds is 5. The molecule has 176 valence electrons. The van der Waals surface area contributed by atoms with Crippen LogP contribution in [0.25, 0.3) is 5.57 Å². The lowest BCUT2D eigenvalue weighted by molar-refractivity contribution is -0.0254. The number of aliphatic hydroxyl groups is 1. The van der Waals surface area contributed by atoms with Crippen molar-refractivity contribution in [2.24, 2.45) is 0 Å². The van der Waals surface area contributed by atoms with Gasteiger partial charge >= 0.3 is 0 Å². The van der Waals surface area contributed by atoms with Gasteiger partial charge in [0.2, 0.25) is 5.88 Å². The summed E-state index contributed by atoms with van der Waals surface area (Å²) in [4.78, 5) is 6.90. The molecular formula is C28H29ClN2O3. The van der Waals surface area contributed by atoms with Crippen molar-refractivity contribution in [3.63, 3.8) is 0 Å². The van der Waals surface area contributed by atoms with Crippen LogP contribution in [0.5, 0.6) is 17.4 Å². The number of nitrogens with zero attached hydrogens (tertiary/aromatic N) is 2. The van der Waals surface area contributed by atoms with Crippen molar-refractivity contribution in [1.82, 2.24) is 9.88 Å². The van der Waals surface area contributed by atoms with Gasteiger partial charge in [0, 0.05) is 48.4 Å². The smallest absolute Gasteiger partial charge is 0.226 e. The highest BCUT2D eigenvalue weighted by atomic mass is 35.5. The number of methoxy groups -OCH3 is 1. The molecule has 0 radical (unpaired) electrons. The van der Waals surface area contributed by atoms with E-state index in [4.69, 9.17) is 21.1 Å². The Hall–Kier alpha value is -2.86. The van der Waals surface area contributed by atoms with Gasteiger partial charge in [-0.3, -0.25) is 0 Å². The molecule has 0 amide bonds. The summed E-state index contributed by atoms with van der Waals surface area (Å²) >= 11 is 6.15. The number of pyridine rings is 1. The fraction of sp³-hybridized carbons (Fsp3) is 0.321.